The van der Waals surface area contributed by atoms with Gasteiger partial charge >= 0.3 is 5.97 Å². The fraction of sp³-hybridized carbons (Fsp3) is 0.238. The van der Waals surface area contributed by atoms with Crippen LogP contribution in [-0.4, -0.2) is 42.3 Å². The van der Waals surface area contributed by atoms with Gasteiger partial charge in [-0.3, -0.25) is 19.3 Å². The number of ether oxygens (including phenoxy) is 2. The highest BCUT2D eigenvalue weighted by molar-refractivity contribution is 6.01. The second-order valence-corrected chi connectivity index (χ2v) is 6.42. The molecule has 0 saturated carbocycles. The summed E-state index contributed by atoms with van der Waals surface area (Å²) in [4.78, 5) is 48.6. The Morgan fingerprint density at radius 2 is 1.59 bits per heavy atom. The van der Waals surface area contributed by atoms with Crippen LogP contribution in [0.5, 0.6) is 5.75 Å². The molecule has 8 heteroatoms. The smallest absolute Gasteiger partial charge is 0.338 e. The van der Waals surface area contributed by atoms with E-state index in [0.717, 1.165) is 5.56 Å². The van der Waals surface area contributed by atoms with Crippen LogP contribution in [0.1, 0.15) is 28.8 Å². The van der Waals surface area contributed by atoms with Crippen LogP contribution in [0.2, 0.25) is 0 Å². The Morgan fingerprint density at radius 1 is 0.966 bits per heavy atom. The highest BCUT2D eigenvalue weighted by Crippen LogP contribution is 2.17. The maximum Gasteiger partial charge on any atom is 0.338 e. The highest BCUT2D eigenvalue weighted by atomic mass is 16.5. The molecule has 29 heavy (non-hydrogen) atoms. The molecule has 1 aliphatic heterocycles. The summed E-state index contributed by atoms with van der Waals surface area (Å²) >= 11 is 0. The van der Waals surface area contributed by atoms with E-state index in [1.807, 2.05) is 0 Å². The van der Waals surface area contributed by atoms with Crippen molar-refractivity contribution in [3.05, 3.63) is 59.7 Å². The van der Waals surface area contributed by atoms with Crippen molar-refractivity contribution in [3.8, 4) is 5.75 Å². The van der Waals surface area contributed by atoms with Crippen molar-refractivity contribution in [2.75, 3.05) is 19.0 Å². The van der Waals surface area contributed by atoms with Crippen molar-refractivity contribution < 1.29 is 28.7 Å². The molecule has 1 aliphatic rings. The molecule has 2 aromatic rings. The van der Waals surface area contributed by atoms with Gasteiger partial charge in [-0.15, -0.1) is 0 Å². The number of benzene rings is 2. The normalized spacial score (nSPS) is 13.3. The average Bonchev–Trinajstić information content (AvgIpc) is 3.05. The molecule has 1 fully saturated rings. The van der Waals surface area contributed by atoms with Gasteiger partial charge in [-0.2, -0.15) is 0 Å². The minimum Gasteiger partial charge on any atom is -0.497 e. The van der Waals surface area contributed by atoms with Crippen molar-refractivity contribution in [1.82, 2.24) is 4.90 Å². The maximum absolute atomic E-state index is 12.1. The van der Waals surface area contributed by atoms with Crippen molar-refractivity contribution >= 4 is 29.4 Å². The molecule has 3 rings (SSSR count). The minimum absolute atomic E-state index is 0.178. The summed E-state index contributed by atoms with van der Waals surface area (Å²) in [6.07, 6.45) is 0.476. The zero-order valence-electron chi connectivity index (χ0n) is 15.8. The van der Waals surface area contributed by atoms with Crippen LogP contribution in [0.4, 0.5) is 5.69 Å². The summed E-state index contributed by atoms with van der Waals surface area (Å²) in [7, 11) is 1.55. The first-order chi connectivity index (χ1) is 14.0. The van der Waals surface area contributed by atoms with Crippen LogP contribution < -0.4 is 10.1 Å². The summed E-state index contributed by atoms with van der Waals surface area (Å²) in [5.41, 5.74) is 1.55. The lowest BCUT2D eigenvalue weighted by atomic mass is 10.1. The van der Waals surface area contributed by atoms with Gasteiger partial charge in [-0.05, 0) is 42.0 Å². The number of carbonyl (C=O) groups excluding carboxylic acids is 4. The molecule has 150 valence electrons. The van der Waals surface area contributed by atoms with Crippen molar-refractivity contribution in [3.63, 3.8) is 0 Å². The van der Waals surface area contributed by atoms with E-state index in [4.69, 9.17) is 9.47 Å². The Hall–Kier alpha value is -3.68. The van der Waals surface area contributed by atoms with E-state index in [2.05, 4.69) is 5.32 Å². The average molecular weight is 396 g/mol. The summed E-state index contributed by atoms with van der Waals surface area (Å²) in [5.74, 6) is -0.833. The first-order valence-corrected chi connectivity index (χ1v) is 8.99. The fourth-order valence-electron chi connectivity index (χ4n) is 2.81. The van der Waals surface area contributed by atoms with Gasteiger partial charge in [0, 0.05) is 18.5 Å². The number of nitrogens with one attached hydrogen (secondary N) is 1. The Labute approximate surface area is 167 Å². The summed E-state index contributed by atoms with van der Waals surface area (Å²) in [6, 6.07) is 13.1. The Morgan fingerprint density at radius 3 is 2.17 bits per heavy atom. The summed E-state index contributed by atoms with van der Waals surface area (Å²) < 4.78 is 10.1. The molecule has 3 amide bonds. The number of hydrogen-bond donors (Lipinski definition) is 1. The van der Waals surface area contributed by atoms with Gasteiger partial charge in [0.15, 0.2) is 6.61 Å². The Balaban J connectivity index is 1.49. The fourth-order valence-corrected chi connectivity index (χ4v) is 2.81. The van der Waals surface area contributed by atoms with Crippen molar-refractivity contribution in [2.24, 2.45) is 0 Å². The number of carbonyl (C=O) groups is 4. The molecule has 0 aliphatic carbocycles. The van der Waals surface area contributed by atoms with Gasteiger partial charge in [-0.1, -0.05) is 12.1 Å². The lowest BCUT2D eigenvalue weighted by Crippen LogP contribution is -2.28. The zero-order chi connectivity index (χ0) is 20.8. The third kappa shape index (κ3) is 5.19. The largest absolute Gasteiger partial charge is 0.497 e. The topological polar surface area (TPSA) is 102 Å². The molecule has 0 spiro atoms. The lowest BCUT2D eigenvalue weighted by Gasteiger charge is -2.13. The van der Waals surface area contributed by atoms with Crippen LogP contribution >= 0.6 is 0 Å². The number of likely N-dealkylation sites (tertiary alicyclic amines) is 1. The first kappa shape index (κ1) is 20.1. The monoisotopic (exact) mass is 396 g/mol. The molecular weight excluding hydrogens is 376 g/mol. The van der Waals surface area contributed by atoms with Gasteiger partial charge in [0.25, 0.3) is 5.91 Å². The first-order valence-electron chi connectivity index (χ1n) is 8.99. The standard InChI is InChI=1S/C21H20N2O6/c1-28-17-8-6-16(7-9-17)22-18(24)13-29-21(27)15-4-2-14(3-5-15)12-23-19(25)10-11-20(23)26/h2-9H,10-13H2,1H3,(H,22,24). The van der Waals surface area contributed by atoms with E-state index in [1.165, 1.54) is 17.0 Å². The number of rotatable bonds is 7. The molecule has 0 aromatic heterocycles. The number of anilines is 1. The third-order valence-electron chi connectivity index (χ3n) is 4.39. The summed E-state index contributed by atoms with van der Waals surface area (Å²) in [6.45, 7) is -0.249. The van der Waals surface area contributed by atoms with Crippen LogP contribution in [0.3, 0.4) is 0 Å². The molecule has 2 aromatic carbocycles. The molecule has 1 heterocycles. The van der Waals surface area contributed by atoms with Crippen LogP contribution in [0, 0.1) is 0 Å². The van der Waals surface area contributed by atoms with E-state index in [0.29, 0.717) is 11.4 Å². The van der Waals surface area contributed by atoms with E-state index in [1.54, 1.807) is 43.5 Å². The van der Waals surface area contributed by atoms with Gasteiger partial charge in [0.05, 0.1) is 19.2 Å². The van der Waals surface area contributed by atoms with E-state index < -0.39 is 18.5 Å². The Bertz CT molecular complexity index is 905. The predicted molar refractivity (Wildman–Crippen MR) is 103 cm³/mol. The van der Waals surface area contributed by atoms with Gasteiger partial charge in [0.1, 0.15) is 5.75 Å². The number of imide groups is 1. The SMILES string of the molecule is COc1ccc(NC(=O)COC(=O)c2ccc(CN3C(=O)CCC3=O)cc2)cc1. The van der Waals surface area contributed by atoms with Crippen LogP contribution in [0.25, 0.3) is 0 Å². The van der Waals surface area contributed by atoms with Crippen LogP contribution in [-0.2, 0) is 25.7 Å². The summed E-state index contributed by atoms with van der Waals surface area (Å²) in [5, 5.41) is 2.62. The van der Waals surface area contributed by atoms with Gasteiger partial charge in [0.2, 0.25) is 11.8 Å². The van der Waals surface area contributed by atoms with Gasteiger partial charge < -0.3 is 14.8 Å². The van der Waals surface area contributed by atoms with Crippen molar-refractivity contribution in [2.45, 2.75) is 19.4 Å². The zero-order valence-corrected chi connectivity index (χ0v) is 15.8. The number of nitrogens with zero attached hydrogens (tertiary/aromatic N) is 1. The molecule has 0 bridgehead atoms. The lowest BCUT2D eigenvalue weighted by molar-refractivity contribution is -0.139. The molecule has 8 nitrogen and oxygen atoms in total. The van der Waals surface area contributed by atoms with Crippen LogP contribution in [0.15, 0.2) is 48.5 Å². The minimum atomic E-state index is -0.644. The second kappa shape index (κ2) is 9.01. The highest BCUT2D eigenvalue weighted by Gasteiger charge is 2.28. The van der Waals surface area contributed by atoms with E-state index >= 15 is 0 Å². The van der Waals surface area contributed by atoms with Gasteiger partial charge in [-0.25, -0.2) is 4.79 Å². The molecule has 0 atom stereocenters. The number of hydrogen-bond acceptors (Lipinski definition) is 6. The second-order valence-electron chi connectivity index (χ2n) is 6.42. The maximum atomic E-state index is 12.1. The number of methoxy groups -OCH3 is 1. The number of esters is 1. The molecule has 0 radical (unpaired) electrons. The quantitative estimate of drug-likeness (QED) is 0.568. The molecule has 1 N–H and O–H groups in total. The molecule has 1 saturated heterocycles. The van der Waals surface area contributed by atoms with E-state index in [9.17, 15) is 19.2 Å². The number of amides is 3. The molecular formula is C21H20N2O6. The predicted octanol–water partition coefficient (Wildman–Crippen LogP) is 2.14. The molecule has 0 unspecified atom stereocenters. The van der Waals surface area contributed by atoms with Crippen molar-refractivity contribution in [1.29, 1.82) is 0 Å². The Kier molecular flexibility index (Phi) is 6.23. The van der Waals surface area contributed by atoms with E-state index in [-0.39, 0.29) is 36.8 Å². The third-order valence-corrected chi connectivity index (χ3v) is 4.39.